The predicted octanol–water partition coefficient (Wildman–Crippen LogP) is 2.19. The topological polar surface area (TPSA) is 66.0 Å². The maximum atomic E-state index is 11.6. The zero-order valence-corrected chi connectivity index (χ0v) is 17.8. The quantitative estimate of drug-likeness (QED) is 0.205. The maximum Gasteiger partial charge on any atom is 0.243 e. The summed E-state index contributed by atoms with van der Waals surface area (Å²) in [5, 5.41) is 6.29. The molecule has 0 bridgehead atoms. The summed E-state index contributed by atoms with van der Waals surface area (Å²) in [6.45, 7) is 9.58. The molecule has 0 saturated carbocycles. The van der Waals surface area contributed by atoms with Crippen molar-refractivity contribution in [3.05, 3.63) is 42.0 Å². The predicted molar refractivity (Wildman–Crippen MR) is 114 cm³/mol. The van der Waals surface area contributed by atoms with E-state index in [-0.39, 0.29) is 36.4 Å². The van der Waals surface area contributed by atoms with Crippen LogP contribution in [0.1, 0.15) is 12.5 Å². The van der Waals surface area contributed by atoms with Crippen LogP contribution in [0, 0.1) is 6.92 Å². The third kappa shape index (κ3) is 10.6. The average Bonchev–Trinajstić information content (AvgIpc) is 2.54. The lowest BCUT2D eigenvalue weighted by atomic mass is 10.2. The van der Waals surface area contributed by atoms with Gasteiger partial charge < -0.3 is 20.3 Å². The van der Waals surface area contributed by atoms with Gasteiger partial charge in [0.25, 0.3) is 0 Å². The largest absolute Gasteiger partial charge is 0.492 e. The molecule has 0 fully saturated rings. The second-order valence-electron chi connectivity index (χ2n) is 5.85. The fourth-order valence-corrected chi connectivity index (χ4v) is 1.67. The third-order valence-electron chi connectivity index (χ3n) is 3.11. The van der Waals surface area contributed by atoms with Crippen molar-refractivity contribution in [2.75, 3.05) is 40.3 Å². The van der Waals surface area contributed by atoms with Crippen LogP contribution in [0.25, 0.3) is 0 Å². The van der Waals surface area contributed by atoms with E-state index in [0.717, 1.165) is 11.3 Å². The maximum absolute atomic E-state index is 11.6. The highest BCUT2D eigenvalue weighted by Crippen LogP contribution is 2.10. The van der Waals surface area contributed by atoms with Gasteiger partial charge in [-0.05, 0) is 26.0 Å². The zero-order chi connectivity index (χ0) is 17.9. The highest BCUT2D eigenvalue weighted by Gasteiger charge is 2.04. The molecule has 0 atom stereocenters. The van der Waals surface area contributed by atoms with Gasteiger partial charge in [0.15, 0.2) is 5.96 Å². The molecule has 0 heterocycles. The fraction of sp³-hybridized carbons (Fsp3) is 0.444. The van der Waals surface area contributed by atoms with E-state index < -0.39 is 0 Å². The normalized spacial score (nSPS) is 10.5. The number of halogens is 1. The van der Waals surface area contributed by atoms with Crippen molar-refractivity contribution in [1.29, 1.82) is 0 Å². The van der Waals surface area contributed by atoms with Crippen LogP contribution >= 0.6 is 24.0 Å². The van der Waals surface area contributed by atoms with Crippen LogP contribution in [0.2, 0.25) is 0 Å². The number of hydrogen-bond acceptors (Lipinski definition) is 3. The standard InChI is InChI=1S/C18H28N4O2.HI/c1-14(2)12-20-18(21-13-17(23)22(4)5)19-10-11-24-16-8-6-15(3)7-9-16;/h6-9H,1,10-13H2,2-5H3,(H2,19,20,21);1H. The van der Waals surface area contributed by atoms with E-state index in [1.807, 2.05) is 38.1 Å². The number of rotatable bonds is 8. The molecule has 140 valence electrons. The van der Waals surface area contributed by atoms with E-state index in [1.54, 1.807) is 14.1 Å². The Labute approximate surface area is 167 Å². The number of aryl methyl sites for hydroxylation is 1. The summed E-state index contributed by atoms with van der Waals surface area (Å²) in [5.41, 5.74) is 2.18. The molecule has 25 heavy (non-hydrogen) atoms. The monoisotopic (exact) mass is 460 g/mol. The minimum absolute atomic E-state index is 0. The van der Waals surface area contributed by atoms with Crippen LogP contribution in [0.3, 0.4) is 0 Å². The van der Waals surface area contributed by atoms with Gasteiger partial charge in [-0.1, -0.05) is 29.8 Å². The highest BCUT2D eigenvalue weighted by atomic mass is 127. The lowest BCUT2D eigenvalue weighted by molar-refractivity contribution is -0.127. The minimum atomic E-state index is -0.0534. The second kappa shape index (κ2) is 12.6. The van der Waals surface area contributed by atoms with Crippen molar-refractivity contribution >= 4 is 35.8 Å². The lowest BCUT2D eigenvalue weighted by Crippen LogP contribution is -2.41. The molecule has 7 heteroatoms. The van der Waals surface area contributed by atoms with Gasteiger partial charge in [0.05, 0.1) is 6.54 Å². The first-order valence-corrected chi connectivity index (χ1v) is 7.94. The number of ether oxygens (including phenoxy) is 1. The SMILES string of the molecule is C=C(C)CNC(=NCC(=O)N(C)C)NCCOc1ccc(C)cc1.I. The Morgan fingerprint density at radius 2 is 1.88 bits per heavy atom. The Bertz CT molecular complexity index is 571. The summed E-state index contributed by atoms with van der Waals surface area (Å²) in [6, 6.07) is 7.91. The van der Waals surface area contributed by atoms with Gasteiger partial charge in [-0.3, -0.25) is 4.79 Å². The first-order chi connectivity index (χ1) is 11.4. The van der Waals surface area contributed by atoms with E-state index in [1.165, 1.54) is 10.5 Å². The van der Waals surface area contributed by atoms with Crippen molar-refractivity contribution in [3.8, 4) is 5.75 Å². The van der Waals surface area contributed by atoms with Crippen molar-refractivity contribution in [3.63, 3.8) is 0 Å². The van der Waals surface area contributed by atoms with Crippen LogP contribution in [0.4, 0.5) is 0 Å². The molecule has 1 aromatic rings. The molecule has 0 aromatic heterocycles. The van der Waals surface area contributed by atoms with Gasteiger partial charge in [-0.2, -0.15) is 0 Å². The molecule has 0 aliphatic carbocycles. The Balaban J connectivity index is 0.00000576. The third-order valence-corrected chi connectivity index (χ3v) is 3.11. The van der Waals surface area contributed by atoms with Gasteiger partial charge in [0.1, 0.15) is 18.9 Å². The number of hydrogen-bond donors (Lipinski definition) is 2. The zero-order valence-electron chi connectivity index (χ0n) is 15.5. The van der Waals surface area contributed by atoms with Crippen LogP contribution < -0.4 is 15.4 Å². The van der Waals surface area contributed by atoms with Gasteiger partial charge in [-0.25, -0.2) is 4.99 Å². The van der Waals surface area contributed by atoms with E-state index >= 15 is 0 Å². The van der Waals surface area contributed by atoms with E-state index in [4.69, 9.17) is 4.74 Å². The Morgan fingerprint density at radius 1 is 1.24 bits per heavy atom. The van der Waals surface area contributed by atoms with Gasteiger partial charge in [-0.15, -0.1) is 24.0 Å². The van der Waals surface area contributed by atoms with Crippen LogP contribution in [-0.4, -0.2) is 57.1 Å². The van der Waals surface area contributed by atoms with Crippen LogP contribution in [0.5, 0.6) is 5.75 Å². The lowest BCUT2D eigenvalue weighted by Gasteiger charge is -2.14. The molecule has 0 radical (unpaired) electrons. The molecule has 1 amide bonds. The summed E-state index contributed by atoms with van der Waals surface area (Å²) in [7, 11) is 3.42. The van der Waals surface area contributed by atoms with Crippen LogP contribution in [0.15, 0.2) is 41.4 Å². The number of aliphatic imine (C=N–C) groups is 1. The Kier molecular flexibility index (Phi) is 11.7. The van der Waals surface area contributed by atoms with Gasteiger partial charge in [0, 0.05) is 20.6 Å². The summed E-state index contributed by atoms with van der Waals surface area (Å²) in [6.07, 6.45) is 0. The first kappa shape index (κ1) is 23.2. The van der Waals surface area contributed by atoms with E-state index in [9.17, 15) is 4.79 Å². The molecule has 0 aliphatic rings. The average molecular weight is 460 g/mol. The number of benzene rings is 1. The second-order valence-corrected chi connectivity index (χ2v) is 5.85. The molecule has 0 saturated heterocycles. The number of amides is 1. The molecular weight excluding hydrogens is 431 g/mol. The number of guanidine groups is 1. The number of nitrogens with zero attached hydrogens (tertiary/aromatic N) is 2. The summed E-state index contributed by atoms with van der Waals surface area (Å²) < 4.78 is 5.66. The molecule has 0 aliphatic heterocycles. The Hall–Kier alpha value is -1.77. The summed E-state index contributed by atoms with van der Waals surface area (Å²) >= 11 is 0. The molecule has 0 unspecified atom stereocenters. The molecule has 0 spiro atoms. The van der Waals surface area contributed by atoms with Crippen molar-refractivity contribution < 1.29 is 9.53 Å². The number of carbonyl (C=O) groups excluding carboxylic acids is 1. The number of likely N-dealkylation sites (N-methyl/N-ethyl adjacent to an activating group) is 1. The summed E-state index contributed by atoms with van der Waals surface area (Å²) in [5.74, 6) is 1.35. The molecular formula is C18H29IN4O2. The number of carbonyl (C=O) groups is 1. The molecule has 1 rings (SSSR count). The summed E-state index contributed by atoms with van der Waals surface area (Å²) in [4.78, 5) is 17.4. The smallest absolute Gasteiger partial charge is 0.243 e. The minimum Gasteiger partial charge on any atom is -0.492 e. The van der Waals surface area contributed by atoms with E-state index in [2.05, 4.69) is 22.2 Å². The number of nitrogens with one attached hydrogen (secondary N) is 2. The van der Waals surface area contributed by atoms with E-state index in [0.29, 0.717) is 25.7 Å². The van der Waals surface area contributed by atoms with Crippen LogP contribution in [-0.2, 0) is 4.79 Å². The Morgan fingerprint density at radius 3 is 2.44 bits per heavy atom. The molecule has 2 N–H and O–H groups in total. The molecule has 1 aromatic carbocycles. The van der Waals surface area contributed by atoms with Crippen molar-refractivity contribution in [2.45, 2.75) is 13.8 Å². The van der Waals surface area contributed by atoms with Crippen molar-refractivity contribution in [2.24, 2.45) is 4.99 Å². The van der Waals surface area contributed by atoms with Gasteiger partial charge >= 0.3 is 0 Å². The fourth-order valence-electron chi connectivity index (χ4n) is 1.67. The molecule has 6 nitrogen and oxygen atoms in total. The highest BCUT2D eigenvalue weighted by molar-refractivity contribution is 14.0. The first-order valence-electron chi connectivity index (χ1n) is 7.94. The van der Waals surface area contributed by atoms with Crippen molar-refractivity contribution in [1.82, 2.24) is 15.5 Å². The van der Waals surface area contributed by atoms with Gasteiger partial charge in [0.2, 0.25) is 5.91 Å².